The lowest BCUT2D eigenvalue weighted by Gasteiger charge is -2.18. The highest BCUT2D eigenvalue weighted by molar-refractivity contribution is 7.98. The van der Waals surface area contributed by atoms with Crippen LogP contribution in [0.1, 0.15) is 32.0 Å². The van der Waals surface area contributed by atoms with Gasteiger partial charge in [-0.3, -0.25) is 0 Å². The highest BCUT2D eigenvalue weighted by Gasteiger charge is 2.13. The summed E-state index contributed by atoms with van der Waals surface area (Å²) >= 11 is 1.89. The van der Waals surface area contributed by atoms with Crippen molar-refractivity contribution in [1.29, 1.82) is 0 Å². The van der Waals surface area contributed by atoms with E-state index < -0.39 is 0 Å². The number of imidazole rings is 1. The van der Waals surface area contributed by atoms with Gasteiger partial charge in [0.1, 0.15) is 0 Å². The number of nitrogens with one attached hydrogen (secondary N) is 1. The molecule has 0 aromatic carbocycles. The van der Waals surface area contributed by atoms with Crippen LogP contribution in [0, 0.1) is 6.92 Å². The molecule has 0 amide bonds. The van der Waals surface area contributed by atoms with E-state index in [0.717, 1.165) is 30.4 Å². The second kappa shape index (κ2) is 6.05. The van der Waals surface area contributed by atoms with Crippen LogP contribution < -0.4 is 5.32 Å². The highest BCUT2D eigenvalue weighted by Crippen LogP contribution is 2.21. The van der Waals surface area contributed by atoms with E-state index in [1.807, 2.05) is 18.7 Å². The van der Waals surface area contributed by atoms with Crippen molar-refractivity contribution in [3.05, 3.63) is 11.9 Å². The van der Waals surface area contributed by atoms with Gasteiger partial charge in [-0.25, -0.2) is 4.98 Å². The zero-order valence-electron chi connectivity index (χ0n) is 10.1. The highest BCUT2D eigenvalue weighted by atomic mass is 32.2. The minimum absolute atomic E-state index is 0.551. The van der Waals surface area contributed by atoms with Crippen LogP contribution in [0.2, 0.25) is 0 Å². The van der Waals surface area contributed by atoms with Gasteiger partial charge in [-0.05, 0) is 26.5 Å². The molecule has 1 aromatic rings. The Morgan fingerprint density at radius 1 is 1.53 bits per heavy atom. The molecule has 0 fully saturated rings. The molecule has 1 N–H and O–H groups in total. The molecular weight excluding hydrogens is 206 g/mol. The monoisotopic (exact) mass is 227 g/mol. The molecule has 0 saturated heterocycles. The number of hydrogen-bond donors (Lipinski definition) is 1. The maximum Gasteiger partial charge on any atom is 0.203 e. The Kier molecular flexibility index (Phi) is 5.02. The lowest BCUT2D eigenvalue weighted by Crippen LogP contribution is -2.14. The van der Waals surface area contributed by atoms with Crippen LogP contribution in [0.4, 0.5) is 5.95 Å². The summed E-state index contributed by atoms with van der Waals surface area (Å²) < 4.78 is 2.27. The first kappa shape index (κ1) is 12.4. The Hall–Kier alpha value is -0.640. The van der Waals surface area contributed by atoms with Crippen LogP contribution in [-0.2, 0) is 0 Å². The molecular formula is C11H21N3S. The van der Waals surface area contributed by atoms with Crippen molar-refractivity contribution in [2.75, 3.05) is 23.9 Å². The number of thioether (sulfide) groups is 1. The molecule has 3 nitrogen and oxygen atoms in total. The second-order valence-corrected chi connectivity index (χ2v) is 4.57. The molecule has 4 heteroatoms. The summed E-state index contributed by atoms with van der Waals surface area (Å²) in [6.07, 6.45) is 5.44. The summed E-state index contributed by atoms with van der Waals surface area (Å²) in [5, 5.41) is 3.31. The van der Waals surface area contributed by atoms with Gasteiger partial charge in [0.25, 0.3) is 0 Å². The molecule has 1 rings (SSSR count). The van der Waals surface area contributed by atoms with Crippen molar-refractivity contribution < 1.29 is 0 Å². The number of aryl methyl sites for hydroxylation is 1. The third-order valence-electron chi connectivity index (χ3n) is 2.41. The first-order valence-corrected chi connectivity index (χ1v) is 6.90. The number of nitrogens with zero attached hydrogens (tertiary/aromatic N) is 2. The second-order valence-electron chi connectivity index (χ2n) is 3.66. The van der Waals surface area contributed by atoms with Gasteiger partial charge < -0.3 is 9.88 Å². The van der Waals surface area contributed by atoms with E-state index in [0.29, 0.717) is 6.04 Å². The molecule has 0 aliphatic carbocycles. The summed E-state index contributed by atoms with van der Waals surface area (Å²) in [6, 6.07) is 0.551. The smallest absolute Gasteiger partial charge is 0.203 e. The van der Waals surface area contributed by atoms with Crippen LogP contribution in [0.3, 0.4) is 0 Å². The van der Waals surface area contributed by atoms with E-state index in [9.17, 15) is 0 Å². The number of hydrogen-bond acceptors (Lipinski definition) is 3. The molecule has 1 atom stereocenters. The molecule has 86 valence electrons. The number of anilines is 1. The molecule has 1 unspecified atom stereocenters. The summed E-state index contributed by atoms with van der Waals surface area (Å²) in [7, 11) is 0. The fourth-order valence-corrected chi connectivity index (χ4v) is 2.45. The third kappa shape index (κ3) is 3.16. The molecule has 0 spiro atoms. The van der Waals surface area contributed by atoms with Crippen molar-refractivity contribution in [3.63, 3.8) is 0 Å². The third-order valence-corrected chi connectivity index (χ3v) is 3.13. The zero-order valence-corrected chi connectivity index (χ0v) is 10.9. The van der Waals surface area contributed by atoms with Crippen molar-refractivity contribution in [3.8, 4) is 0 Å². The molecule has 0 aliphatic heterocycles. The minimum atomic E-state index is 0.551. The Labute approximate surface area is 96.7 Å². The van der Waals surface area contributed by atoms with Crippen molar-refractivity contribution in [2.45, 2.75) is 33.2 Å². The van der Waals surface area contributed by atoms with Crippen molar-refractivity contribution in [1.82, 2.24) is 9.55 Å². The molecule has 0 saturated carbocycles. The fraction of sp³-hybridized carbons (Fsp3) is 0.727. The summed E-state index contributed by atoms with van der Waals surface area (Å²) in [5.41, 5.74) is 1.09. The number of rotatable bonds is 6. The largest absolute Gasteiger partial charge is 0.356 e. The normalized spacial score (nSPS) is 12.8. The van der Waals surface area contributed by atoms with E-state index >= 15 is 0 Å². The summed E-state index contributed by atoms with van der Waals surface area (Å²) in [5.74, 6) is 2.15. The molecule has 1 heterocycles. The molecule has 1 aromatic heterocycles. The van der Waals surface area contributed by atoms with Gasteiger partial charge in [0, 0.05) is 24.5 Å². The van der Waals surface area contributed by atoms with Gasteiger partial charge >= 0.3 is 0 Å². The molecule has 0 aliphatic rings. The van der Waals surface area contributed by atoms with Gasteiger partial charge in [-0.2, -0.15) is 11.8 Å². The van der Waals surface area contributed by atoms with Crippen LogP contribution in [0.25, 0.3) is 0 Å². The maximum atomic E-state index is 4.49. The van der Waals surface area contributed by atoms with E-state index in [2.05, 4.69) is 41.2 Å². The zero-order chi connectivity index (χ0) is 11.3. The summed E-state index contributed by atoms with van der Waals surface area (Å²) in [6.45, 7) is 7.30. The van der Waals surface area contributed by atoms with Crippen molar-refractivity contribution in [2.24, 2.45) is 0 Å². The van der Waals surface area contributed by atoms with Crippen molar-refractivity contribution >= 4 is 17.7 Å². The quantitative estimate of drug-likeness (QED) is 0.810. The molecule has 0 bridgehead atoms. The Balaban J connectivity index is 2.88. The van der Waals surface area contributed by atoms with Gasteiger partial charge in [0.2, 0.25) is 5.95 Å². The fourth-order valence-electron chi connectivity index (χ4n) is 1.67. The van der Waals surface area contributed by atoms with E-state index in [1.54, 1.807) is 0 Å². The Bertz CT molecular complexity index is 296. The Morgan fingerprint density at radius 2 is 2.27 bits per heavy atom. The SMILES string of the molecule is CCNc1nc(C)cn1C(CC)CSC. The van der Waals surface area contributed by atoms with Gasteiger partial charge in [-0.1, -0.05) is 6.92 Å². The van der Waals surface area contributed by atoms with Crippen LogP contribution in [0.15, 0.2) is 6.20 Å². The van der Waals surface area contributed by atoms with Crippen LogP contribution >= 0.6 is 11.8 Å². The first-order valence-electron chi connectivity index (χ1n) is 5.51. The van der Waals surface area contributed by atoms with Gasteiger partial charge in [-0.15, -0.1) is 0 Å². The van der Waals surface area contributed by atoms with Crippen LogP contribution in [-0.4, -0.2) is 28.1 Å². The molecule has 0 radical (unpaired) electrons. The minimum Gasteiger partial charge on any atom is -0.356 e. The van der Waals surface area contributed by atoms with Gasteiger partial charge in [0.15, 0.2) is 0 Å². The lowest BCUT2D eigenvalue weighted by molar-refractivity contribution is 0.544. The predicted molar refractivity (Wildman–Crippen MR) is 68.8 cm³/mol. The summed E-state index contributed by atoms with van der Waals surface area (Å²) in [4.78, 5) is 4.49. The van der Waals surface area contributed by atoms with E-state index in [-0.39, 0.29) is 0 Å². The average Bonchev–Trinajstić information content (AvgIpc) is 2.56. The molecule has 15 heavy (non-hydrogen) atoms. The van der Waals surface area contributed by atoms with Crippen LogP contribution in [0.5, 0.6) is 0 Å². The van der Waals surface area contributed by atoms with Gasteiger partial charge in [0.05, 0.1) is 5.69 Å². The topological polar surface area (TPSA) is 29.9 Å². The Morgan fingerprint density at radius 3 is 2.80 bits per heavy atom. The first-order chi connectivity index (χ1) is 7.22. The average molecular weight is 227 g/mol. The van der Waals surface area contributed by atoms with E-state index in [1.165, 1.54) is 0 Å². The maximum absolute atomic E-state index is 4.49. The van der Waals surface area contributed by atoms with E-state index in [4.69, 9.17) is 0 Å². The predicted octanol–water partition coefficient (Wildman–Crippen LogP) is 2.94. The number of aromatic nitrogens is 2. The lowest BCUT2D eigenvalue weighted by atomic mass is 10.2. The standard InChI is InChI=1S/C11H21N3S/c1-5-10(8-15-4)14-7-9(3)13-11(14)12-6-2/h7,10H,5-6,8H2,1-4H3,(H,12,13).